The van der Waals surface area contributed by atoms with E-state index in [1.165, 1.54) is 16.7 Å². The second-order valence-electron chi connectivity index (χ2n) is 9.21. The molecular formula is C26H37IN4O. The summed E-state index contributed by atoms with van der Waals surface area (Å²) in [7, 11) is 1.79. The molecule has 0 saturated carbocycles. The van der Waals surface area contributed by atoms with E-state index in [-0.39, 0.29) is 35.3 Å². The molecule has 1 heterocycles. The number of aryl methyl sites for hydroxylation is 1. The fourth-order valence-corrected chi connectivity index (χ4v) is 4.05. The molecule has 0 aliphatic carbocycles. The van der Waals surface area contributed by atoms with Gasteiger partial charge in [0, 0.05) is 51.0 Å². The van der Waals surface area contributed by atoms with Crippen LogP contribution in [0.15, 0.2) is 59.6 Å². The van der Waals surface area contributed by atoms with E-state index >= 15 is 0 Å². The Labute approximate surface area is 210 Å². The number of benzene rings is 2. The molecular weight excluding hydrogens is 511 g/mol. The van der Waals surface area contributed by atoms with Gasteiger partial charge >= 0.3 is 0 Å². The number of aliphatic imine (C=N–C) groups is 1. The Kier molecular flexibility index (Phi) is 10.0. The Bertz CT molecular complexity index is 898. The highest BCUT2D eigenvalue weighted by atomic mass is 127. The summed E-state index contributed by atoms with van der Waals surface area (Å²) in [5.41, 5.74) is 3.85. The summed E-state index contributed by atoms with van der Waals surface area (Å²) in [6.07, 6.45) is 1.51. The number of halogens is 1. The third-order valence-corrected chi connectivity index (χ3v) is 6.09. The summed E-state index contributed by atoms with van der Waals surface area (Å²) in [4.78, 5) is 18.8. The Balaban J connectivity index is 0.00000363. The molecule has 1 atom stereocenters. The quantitative estimate of drug-likeness (QED) is 0.296. The van der Waals surface area contributed by atoms with E-state index < -0.39 is 0 Å². The Morgan fingerprint density at radius 3 is 2.56 bits per heavy atom. The molecule has 1 aliphatic rings. The van der Waals surface area contributed by atoms with Gasteiger partial charge in [-0.2, -0.15) is 0 Å². The number of nitrogens with zero attached hydrogens (tertiary/aromatic N) is 2. The molecule has 1 saturated heterocycles. The van der Waals surface area contributed by atoms with Crippen LogP contribution >= 0.6 is 24.0 Å². The van der Waals surface area contributed by atoms with Crippen molar-refractivity contribution >= 4 is 35.8 Å². The minimum absolute atomic E-state index is 0. The highest BCUT2D eigenvalue weighted by molar-refractivity contribution is 14.0. The van der Waals surface area contributed by atoms with Gasteiger partial charge in [0.2, 0.25) is 5.91 Å². The molecule has 3 rings (SSSR count). The van der Waals surface area contributed by atoms with Crippen LogP contribution in [0, 0.1) is 12.8 Å². The number of likely N-dealkylation sites (tertiary alicyclic amines) is 1. The summed E-state index contributed by atoms with van der Waals surface area (Å²) < 4.78 is 0. The Morgan fingerprint density at radius 1 is 1.12 bits per heavy atom. The summed E-state index contributed by atoms with van der Waals surface area (Å²) in [6.45, 7) is 9.73. The second-order valence-corrected chi connectivity index (χ2v) is 9.21. The van der Waals surface area contributed by atoms with Crippen LogP contribution in [0.2, 0.25) is 0 Å². The molecule has 1 unspecified atom stereocenters. The van der Waals surface area contributed by atoms with Crippen LogP contribution in [-0.4, -0.2) is 50.0 Å². The van der Waals surface area contributed by atoms with E-state index in [1.807, 2.05) is 23.1 Å². The molecule has 32 heavy (non-hydrogen) atoms. The van der Waals surface area contributed by atoms with Crippen LogP contribution < -0.4 is 10.6 Å². The predicted octanol–water partition coefficient (Wildman–Crippen LogP) is 4.15. The zero-order valence-electron chi connectivity index (χ0n) is 19.7. The zero-order chi connectivity index (χ0) is 22.3. The van der Waals surface area contributed by atoms with Crippen molar-refractivity contribution in [2.24, 2.45) is 10.9 Å². The first-order chi connectivity index (χ1) is 14.9. The number of guanidine groups is 1. The van der Waals surface area contributed by atoms with Gasteiger partial charge in [-0.25, -0.2) is 0 Å². The van der Waals surface area contributed by atoms with Gasteiger partial charge in [0.1, 0.15) is 0 Å². The number of hydrogen-bond donors (Lipinski definition) is 2. The molecule has 0 aromatic heterocycles. The average Bonchev–Trinajstić information content (AvgIpc) is 3.12. The van der Waals surface area contributed by atoms with E-state index in [0.29, 0.717) is 12.3 Å². The van der Waals surface area contributed by atoms with Crippen molar-refractivity contribution in [1.82, 2.24) is 15.5 Å². The maximum Gasteiger partial charge on any atom is 0.223 e. The molecule has 0 radical (unpaired) electrons. The first-order valence-electron chi connectivity index (χ1n) is 11.2. The lowest BCUT2D eigenvalue weighted by Crippen LogP contribution is -2.45. The van der Waals surface area contributed by atoms with Crippen LogP contribution in [-0.2, 0) is 16.6 Å². The van der Waals surface area contributed by atoms with E-state index in [0.717, 1.165) is 38.6 Å². The smallest absolute Gasteiger partial charge is 0.223 e. The molecule has 2 aromatic carbocycles. The Hall–Kier alpha value is -2.09. The van der Waals surface area contributed by atoms with E-state index in [9.17, 15) is 4.79 Å². The lowest BCUT2D eigenvalue weighted by atomic mass is 9.84. The summed E-state index contributed by atoms with van der Waals surface area (Å²) >= 11 is 0. The monoisotopic (exact) mass is 548 g/mol. The van der Waals surface area contributed by atoms with Crippen LogP contribution in [0.1, 0.15) is 37.0 Å². The van der Waals surface area contributed by atoms with E-state index in [1.54, 1.807) is 7.05 Å². The number of nitrogens with one attached hydrogen (secondary N) is 2. The highest BCUT2D eigenvalue weighted by Crippen LogP contribution is 2.23. The van der Waals surface area contributed by atoms with Crippen molar-refractivity contribution in [3.8, 4) is 0 Å². The van der Waals surface area contributed by atoms with Crippen molar-refractivity contribution in [1.29, 1.82) is 0 Å². The Morgan fingerprint density at radius 2 is 1.88 bits per heavy atom. The van der Waals surface area contributed by atoms with Crippen LogP contribution in [0.3, 0.4) is 0 Å². The molecule has 174 valence electrons. The zero-order valence-corrected chi connectivity index (χ0v) is 22.1. The summed E-state index contributed by atoms with van der Waals surface area (Å²) in [5.74, 6) is 1.36. The second kappa shape index (κ2) is 12.2. The molecule has 6 heteroatoms. The largest absolute Gasteiger partial charge is 0.356 e. The molecule has 2 N–H and O–H groups in total. The van der Waals surface area contributed by atoms with Gasteiger partial charge < -0.3 is 15.5 Å². The third kappa shape index (κ3) is 7.50. The lowest BCUT2D eigenvalue weighted by molar-refractivity contribution is -0.127. The number of rotatable bonds is 8. The number of amides is 1. The number of carbonyl (C=O) groups excluding carboxylic acids is 1. The van der Waals surface area contributed by atoms with Gasteiger partial charge in [0.15, 0.2) is 5.96 Å². The fraction of sp³-hybridized carbons (Fsp3) is 0.462. The SMILES string of the molecule is CN=C(NCC1CC(=O)N(CCc2ccccc2)C1)NCC(C)(C)c1cccc(C)c1.I. The van der Waals surface area contributed by atoms with Crippen LogP contribution in [0.25, 0.3) is 0 Å². The van der Waals surface area contributed by atoms with Gasteiger partial charge in [-0.3, -0.25) is 9.79 Å². The first kappa shape index (κ1) is 26.2. The molecule has 1 amide bonds. The first-order valence-corrected chi connectivity index (χ1v) is 11.2. The van der Waals surface area contributed by atoms with Gasteiger partial charge in [0.05, 0.1) is 0 Å². The average molecular weight is 549 g/mol. The molecule has 0 spiro atoms. The maximum absolute atomic E-state index is 12.4. The minimum atomic E-state index is -0.0127. The van der Waals surface area contributed by atoms with E-state index in [2.05, 4.69) is 72.8 Å². The maximum atomic E-state index is 12.4. The molecule has 1 aliphatic heterocycles. The van der Waals surface area contributed by atoms with Gasteiger partial charge in [-0.05, 0) is 24.5 Å². The third-order valence-electron chi connectivity index (χ3n) is 6.09. The van der Waals surface area contributed by atoms with E-state index in [4.69, 9.17) is 0 Å². The number of carbonyl (C=O) groups is 1. The van der Waals surface area contributed by atoms with Crippen LogP contribution in [0.5, 0.6) is 0 Å². The van der Waals surface area contributed by atoms with Crippen molar-refractivity contribution < 1.29 is 4.79 Å². The molecule has 5 nitrogen and oxygen atoms in total. The summed E-state index contributed by atoms with van der Waals surface area (Å²) in [6, 6.07) is 19.0. The normalized spacial score (nSPS) is 16.6. The predicted molar refractivity (Wildman–Crippen MR) is 144 cm³/mol. The highest BCUT2D eigenvalue weighted by Gasteiger charge is 2.29. The standard InChI is InChI=1S/C26H36N4O.HI/c1-20-9-8-12-23(15-20)26(2,3)19-29-25(27-4)28-17-22-16-24(31)30(18-22)14-13-21-10-6-5-7-11-21;/h5-12,15,22H,13-14,16-19H2,1-4H3,(H2,27,28,29);1H. The number of hydrogen-bond acceptors (Lipinski definition) is 2. The molecule has 0 bridgehead atoms. The van der Waals surface area contributed by atoms with Crippen molar-refractivity contribution in [2.45, 2.75) is 39.0 Å². The van der Waals surface area contributed by atoms with Gasteiger partial charge in [-0.15, -0.1) is 24.0 Å². The molecule has 1 fully saturated rings. The minimum Gasteiger partial charge on any atom is -0.356 e. The van der Waals surface area contributed by atoms with Crippen molar-refractivity contribution in [2.75, 3.05) is 33.2 Å². The van der Waals surface area contributed by atoms with Crippen molar-refractivity contribution in [3.63, 3.8) is 0 Å². The van der Waals surface area contributed by atoms with Crippen LogP contribution in [0.4, 0.5) is 0 Å². The summed E-state index contributed by atoms with van der Waals surface area (Å²) in [5, 5.41) is 6.88. The van der Waals surface area contributed by atoms with Gasteiger partial charge in [-0.1, -0.05) is 74.0 Å². The fourth-order valence-electron chi connectivity index (χ4n) is 4.05. The van der Waals surface area contributed by atoms with Gasteiger partial charge in [0.25, 0.3) is 0 Å². The topological polar surface area (TPSA) is 56.7 Å². The lowest BCUT2D eigenvalue weighted by Gasteiger charge is -2.27. The molecule has 2 aromatic rings. The van der Waals surface area contributed by atoms with Crippen molar-refractivity contribution in [3.05, 3.63) is 71.3 Å².